The number of nitrogens with zero attached hydrogens (tertiary/aromatic N) is 4. The standard InChI is InChI=1S/C27H29ClN4O3/c1-35-22-7-4-19(5-8-22)26(33)32-12-2-3-20(18-32)27(34)31-15-13-30(14-16-31)25-10-11-29-24-17-21(28)6-9-23(24)25/h4-11,17,20H,2-3,12-16,18H2,1H3. The van der Waals surface area contributed by atoms with Crippen molar-refractivity contribution in [2.24, 2.45) is 5.92 Å². The van der Waals surface area contributed by atoms with Gasteiger partial charge in [-0.05, 0) is 61.4 Å². The molecule has 2 fully saturated rings. The summed E-state index contributed by atoms with van der Waals surface area (Å²) in [4.78, 5) is 36.9. The molecule has 2 aromatic carbocycles. The van der Waals surface area contributed by atoms with E-state index in [1.54, 1.807) is 31.4 Å². The second-order valence-electron chi connectivity index (χ2n) is 9.12. The number of piperidine rings is 1. The van der Waals surface area contributed by atoms with Crippen LogP contribution in [0.4, 0.5) is 5.69 Å². The van der Waals surface area contributed by atoms with Crippen LogP contribution in [-0.2, 0) is 4.79 Å². The van der Waals surface area contributed by atoms with Crippen molar-refractivity contribution in [3.05, 3.63) is 65.3 Å². The molecule has 3 aromatic rings. The van der Waals surface area contributed by atoms with Crippen LogP contribution in [0.3, 0.4) is 0 Å². The monoisotopic (exact) mass is 492 g/mol. The van der Waals surface area contributed by atoms with Crippen LogP contribution in [0.2, 0.25) is 5.02 Å². The summed E-state index contributed by atoms with van der Waals surface area (Å²) < 4.78 is 5.18. The highest BCUT2D eigenvalue weighted by atomic mass is 35.5. The molecule has 5 rings (SSSR count). The highest BCUT2D eigenvalue weighted by molar-refractivity contribution is 6.31. The molecule has 3 heterocycles. The Hall–Kier alpha value is -3.32. The largest absolute Gasteiger partial charge is 0.497 e. The van der Waals surface area contributed by atoms with Gasteiger partial charge < -0.3 is 19.4 Å². The molecule has 1 atom stereocenters. The lowest BCUT2D eigenvalue weighted by Crippen LogP contribution is -2.53. The fourth-order valence-electron chi connectivity index (χ4n) is 5.09. The molecule has 0 bridgehead atoms. The number of likely N-dealkylation sites (tertiary alicyclic amines) is 1. The van der Waals surface area contributed by atoms with Crippen molar-refractivity contribution in [2.75, 3.05) is 51.3 Å². The van der Waals surface area contributed by atoms with Crippen molar-refractivity contribution < 1.29 is 14.3 Å². The van der Waals surface area contributed by atoms with E-state index in [0.29, 0.717) is 36.8 Å². The zero-order valence-corrected chi connectivity index (χ0v) is 20.6. The Kier molecular flexibility index (Phi) is 6.77. The molecule has 182 valence electrons. The minimum atomic E-state index is -0.151. The first-order valence-electron chi connectivity index (χ1n) is 12.0. The van der Waals surface area contributed by atoms with Crippen molar-refractivity contribution in [3.8, 4) is 5.75 Å². The summed E-state index contributed by atoms with van der Waals surface area (Å²) in [6.07, 6.45) is 3.47. The Morgan fingerprint density at radius 2 is 1.74 bits per heavy atom. The highest BCUT2D eigenvalue weighted by Crippen LogP contribution is 2.29. The molecule has 7 nitrogen and oxygen atoms in total. The Balaban J connectivity index is 1.21. The van der Waals surface area contributed by atoms with Gasteiger partial charge in [-0.25, -0.2) is 0 Å². The molecule has 0 N–H and O–H groups in total. The minimum absolute atomic E-state index is 0.0281. The maximum atomic E-state index is 13.4. The smallest absolute Gasteiger partial charge is 0.253 e. The average Bonchev–Trinajstić information content (AvgIpc) is 2.92. The number of halogens is 1. The van der Waals surface area contributed by atoms with Crippen molar-refractivity contribution in [2.45, 2.75) is 12.8 Å². The molecule has 8 heteroatoms. The lowest BCUT2D eigenvalue weighted by molar-refractivity contribution is -0.137. The van der Waals surface area contributed by atoms with Crippen LogP contribution in [0.5, 0.6) is 5.75 Å². The summed E-state index contributed by atoms with van der Waals surface area (Å²) in [5, 5.41) is 1.74. The fourth-order valence-corrected chi connectivity index (χ4v) is 5.25. The van der Waals surface area contributed by atoms with Crippen LogP contribution in [0, 0.1) is 5.92 Å². The van der Waals surface area contributed by atoms with E-state index in [2.05, 4.69) is 9.88 Å². The number of amides is 2. The summed E-state index contributed by atoms with van der Waals surface area (Å²) in [5.41, 5.74) is 2.61. The summed E-state index contributed by atoms with van der Waals surface area (Å²) in [5.74, 6) is 0.695. The van der Waals surface area contributed by atoms with E-state index >= 15 is 0 Å². The molecule has 0 spiro atoms. The van der Waals surface area contributed by atoms with Crippen molar-refractivity contribution in [3.63, 3.8) is 0 Å². The van der Waals surface area contributed by atoms with Gasteiger partial charge in [0.05, 0.1) is 18.5 Å². The number of aromatic nitrogens is 1. The lowest BCUT2D eigenvalue weighted by atomic mass is 9.95. The van der Waals surface area contributed by atoms with Gasteiger partial charge in [-0.1, -0.05) is 11.6 Å². The van der Waals surface area contributed by atoms with Crippen LogP contribution in [-0.4, -0.2) is 73.0 Å². The van der Waals surface area contributed by atoms with E-state index in [0.717, 1.165) is 48.3 Å². The summed E-state index contributed by atoms with van der Waals surface area (Å²) in [6, 6.07) is 14.9. The molecule has 1 aromatic heterocycles. The molecular formula is C27H29ClN4O3. The Morgan fingerprint density at radius 1 is 0.971 bits per heavy atom. The van der Waals surface area contributed by atoms with Gasteiger partial charge in [0.15, 0.2) is 0 Å². The lowest BCUT2D eigenvalue weighted by Gasteiger charge is -2.40. The first-order valence-corrected chi connectivity index (χ1v) is 12.4. The first kappa shape index (κ1) is 23.4. The van der Waals surface area contributed by atoms with Crippen LogP contribution >= 0.6 is 11.6 Å². The normalized spacial score (nSPS) is 18.6. The molecule has 2 aliphatic heterocycles. The summed E-state index contributed by atoms with van der Waals surface area (Å²) >= 11 is 6.13. The van der Waals surface area contributed by atoms with Gasteiger partial charge in [0.2, 0.25) is 5.91 Å². The maximum absolute atomic E-state index is 13.4. The van der Waals surface area contributed by atoms with E-state index in [9.17, 15) is 9.59 Å². The second kappa shape index (κ2) is 10.1. The predicted octanol–water partition coefficient (Wildman–Crippen LogP) is 4.10. The molecule has 0 aliphatic carbocycles. The number of ether oxygens (including phenoxy) is 1. The number of rotatable bonds is 4. The van der Waals surface area contributed by atoms with Crippen molar-refractivity contribution in [1.82, 2.24) is 14.8 Å². The van der Waals surface area contributed by atoms with Crippen LogP contribution in [0.15, 0.2) is 54.7 Å². The van der Waals surface area contributed by atoms with Gasteiger partial charge in [0, 0.05) is 67.1 Å². The molecule has 0 radical (unpaired) electrons. The number of fused-ring (bicyclic) bond motifs is 1. The number of carbonyl (C=O) groups is 2. The zero-order chi connectivity index (χ0) is 24.4. The molecule has 2 aliphatic rings. The van der Waals surface area contributed by atoms with Gasteiger partial charge in [-0.3, -0.25) is 14.6 Å². The number of methoxy groups -OCH3 is 1. The van der Waals surface area contributed by atoms with Crippen molar-refractivity contribution in [1.29, 1.82) is 0 Å². The SMILES string of the molecule is COc1ccc(C(=O)N2CCCC(C(=O)N3CCN(c4ccnc5cc(Cl)ccc45)CC3)C2)cc1. The number of carbonyl (C=O) groups excluding carboxylic acids is 2. The number of hydrogen-bond acceptors (Lipinski definition) is 5. The van der Waals surface area contributed by atoms with E-state index in [1.807, 2.05) is 40.3 Å². The van der Waals surface area contributed by atoms with Gasteiger partial charge >= 0.3 is 0 Å². The molecule has 2 saturated heterocycles. The van der Waals surface area contributed by atoms with E-state index < -0.39 is 0 Å². The number of pyridine rings is 1. The Morgan fingerprint density at radius 3 is 2.49 bits per heavy atom. The quantitative estimate of drug-likeness (QED) is 0.548. The molecular weight excluding hydrogens is 464 g/mol. The van der Waals surface area contributed by atoms with Gasteiger partial charge in [0.25, 0.3) is 5.91 Å². The minimum Gasteiger partial charge on any atom is -0.497 e. The van der Waals surface area contributed by atoms with Crippen LogP contribution < -0.4 is 9.64 Å². The first-order chi connectivity index (χ1) is 17.0. The second-order valence-corrected chi connectivity index (χ2v) is 9.56. The van der Waals surface area contributed by atoms with Crippen LogP contribution in [0.1, 0.15) is 23.2 Å². The molecule has 35 heavy (non-hydrogen) atoms. The zero-order valence-electron chi connectivity index (χ0n) is 19.8. The molecule has 1 unspecified atom stereocenters. The fraction of sp³-hybridized carbons (Fsp3) is 0.370. The topological polar surface area (TPSA) is 66.0 Å². The third-order valence-corrected chi connectivity index (χ3v) is 7.24. The third kappa shape index (κ3) is 4.91. The van der Waals surface area contributed by atoms with E-state index in [4.69, 9.17) is 16.3 Å². The highest BCUT2D eigenvalue weighted by Gasteiger charge is 2.33. The van der Waals surface area contributed by atoms with Gasteiger partial charge in [-0.2, -0.15) is 0 Å². The number of anilines is 1. The third-order valence-electron chi connectivity index (χ3n) is 7.01. The van der Waals surface area contributed by atoms with Crippen LogP contribution in [0.25, 0.3) is 10.9 Å². The number of piperazine rings is 1. The summed E-state index contributed by atoms with van der Waals surface area (Å²) in [7, 11) is 1.60. The Labute approximate surface area is 210 Å². The predicted molar refractivity (Wildman–Crippen MR) is 137 cm³/mol. The maximum Gasteiger partial charge on any atom is 0.253 e. The summed E-state index contributed by atoms with van der Waals surface area (Å²) in [6.45, 7) is 4.00. The van der Waals surface area contributed by atoms with Crippen molar-refractivity contribution >= 4 is 40.0 Å². The molecule has 0 saturated carbocycles. The van der Waals surface area contributed by atoms with Gasteiger partial charge in [-0.15, -0.1) is 0 Å². The Bertz CT molecular complexity index is 1220. The van der Waals surface area contributed by atoms with Gasteiger partial charge in [0.1, 0.15) is 5.75 Å². The number of hydrogen-bond donors (Lipinski definition) is 0. The number of benzene rings is 2. The van der Waals surface area contributed by atoms with E-state index in [-0.39, 0.29) is 17.7 Å². The molecule has 2 amide bonds. The van der Waals surface area contributed by atoms with E-state index in [1.165, 1.54) is 0 Å². The average molecular weight is 493 g/mol.